The number of nitrogens with one attached hydrogen (secondary N) is 1. The van der Waals surface area contributed by atoms with E-state index in [1.165, 1.54) is 12.1 Å². The Bertz CT molecular complexity index is 543. The van der Waals surface area contributed by atoms with E-state index < -0.39 is 0 Å². The van der Waals surface area contributed by atoms with Gasteiger partial charge in [-0.3, -0.25) is 9.59 Å². The second kappa shape index (κ2) is 3.92. The zero-order valence-corrected chi connectivity index (χ0v) is 7.94. The first-order chi connectivity index (χ1) is 7.29. The molecule has 1 heterocycles. The molecule has 0 fully saturated rings. The van der Waals surface area contributed by atoms with Gasteiger partial charge in [-0.15, -0.1) is 0 Å². The Morgan fingerprint density at radius 1 is 1.13 bits per heavy atom. The molecule has 3 heteroatoms. The van der Waals surface area contributed by atoms with E-state index in [9.17, 15) is 9.59 Å². The molecule has 3 nitrogen and oxygen atoms in total. The van der Waals surface area contributed by atoms with Crippen molar-refractivity contribution in [1.29, 1.82) is 0 Å². The fraction of sp³-hybridized carbons (Fsp3) is 0. The number of aromatic nitrogens is 1. The summed E-state index contributed by atoms with van der Waals surface area (Å²) in [5.41, 5.74) is 2.08. The van der Waals surface area contributed by atoms with Crippen molar-refractivity contribution in [2.45, 2.75) is 0 Å². The van der Waals surface area contributed by atoms with E-state index in [2.05, 4.69) is 4.98 Å². The molecule has 0 bridgehead atoms. The zero-order valence-electron chi connectivity index (χ0n) is 7.94. The van der Waals surface area contributed by atoms with Crippen molar-refractivity contribution in [1.82, 2.24) is 4.98 Å². The van der Waals surface area contributed by atoms with Gasteiger partial charge in [-0.1, -0.05) is 18.2 Å². The Balaban J connectivity index is 2.53. The normalized spacial score (nSPS) is 9.87. The van der Waals surface area contributed by atoms with Gasteiger partial charge in [0.2, 0.25) is 0 Å². The van der Waals surface area contributed by atoms with Gasteiger partial charge in [0, 0.05) is 29.6 Å². The second-order valence-corrected chi connectivity index (χ2v) is 3.18. The number of hydrogen-bond acceptors (Lipinski definition) is 2. The molecule has 0 atom stereocenters. The highest BCUT2D eigenvalue weighted by molar-refractivity contribution is 5.78. The summed E-state index contributed by atoms with van der Waals surface area (Å²) in [6, 6.07) is 10.0. The van der Waals surface area contributed by atoms with Gasteiger partial charge in [0.15, 0.2) is 5.43 Å². The molecule has 1 aromatic carbocycles. The summed E-state index contributed by atoms with van der Waals surface area (Å²) in [5.74, 6) is 0. The Morgan fingerprint density at radius 3 is 2.73 bits per heavy atom. The molecule has 0 unspecified atom stereocenters. The van der Waals surface area contributed by atoms with Crippen LogP contribution >= 0.6 is 0 Å². The van der Waals surface area contributed by atoms with Crippen LogP contribution in [0.4, 0.5) is 0 Å². The van der Waals surface area contributed by atoms with Crippen molar-refractivity contribution in [3.63, 3.8) is 0 Å². The molecule has 0 saturated carbocycles. The molecule has 1 N–H and O–H groups in total. The van der Waals surface area contributed by atoms with Crippen LogP contribution in [0.1, 0.15) is 10.4 Å². The summed E-state index contributed by atoms with van der Waals surface area (Å²) in [5, 5.41) is 0. The van der Waals surface area contributed by atoms with Gasteiger partial charge in [0.25, 0.3) is 0 Å². The minimum absolute atomic E-state index is 0.0553. The number of carbonyl (C=O) groups excluding carboxylic acids is 1. The van der Waals surface area contributed by atoms with Gasteiger partial charge in [-0.2, -0.15) is 0 Å². The predicted octanol–water partition coefficient (Wildman–Crippen LogP) is 1.85. The van der Waals surface area contributed by atoms with Crippen molar-refractivity contribution >= 4 is 6.29 Å². The number of H-pyrrole nitrogens is 1. The second-order valence-electron chi connectivity index (χ2n) is 3.18. The molecule has 0 spiro atoms. The average molecular weight is 199 g/mol. The van der Waals surface area contributed by atoms with Crippen LogP contribution in [0.25, 0.3) is 11.3 Å². The van der Waals surface area contributed by atoms with Crippen LogP contribution in [0.2, 0.25) is 0 Å². The lowest BCUT2D eigenvalue weighted by Gasteiger charge is -2.01. The van der Waals surface area contributed by atoms with Gasteiger partial charge in [-0.05, 0) is 11.6 Å². The third-order valence-electron chi connectivity index (χ3n) is 2.11. The molecule has 0 aliphatic rings. The van der Waals surface area contributed by atoms with E-state index in [1.54, 1.807) is 24.4 Å². The number of benzene rings is 1. The highest BCUT2D eigenvalue weighted by Crippen LogP contribution is 2.15. The van der Waals surface area contributed by atoms with Gasteiger partial charge < -0.3 is 4.98 Å². The molecule has 0 aliphatic heterocycles. The maximum absolute atomic E-state index is 11.1. The molecular formula is C12H9NO2. The first-order valence-electron chi connectivity index (χ1n) is 4.54. The lowest BCUT2D eigenvalue weighted by molar-refractivity contribution is 0.112. The number of pyridine rings is 1. The van der Waals surface area contributed by atoms with Crippen molar-refractivity contribution < 1.29 is 4.79 Å². The lowest BCUT2D eigenvalue weighted by atomic mass is 10.1. The van der Waals surface area contributed by atoms with Crippen LogP contribution in [-0.2, 0) is 0 Å². The van der Waals surface area contributed by atoms with Crippen LogP contribution in [-0.4, -0.2) is 11.3 Å². The number of aldehydes is 1. The van der Waals surface area contributed by atoms with E-state index >= 15 is 0 Å². The summed E-state index contributed by atoms with van der Waals surface area (Å²) in [6.07, 6.45) is 2.37. The molecular weight excluding hydrogens is 190 g/mol. The van der Waals surface area contributed by atoms with E-state index in [0.717, 1.165) is 11.8 Å². The Labute approximate surface area is 86.4 Å². The topological polar surface area (TPSA) is 49.9 Å². The molecule has 0 amide bonds. The minimum Gasteiger partial charge on any atom is -0.361 e. The number of hydrogen-bond donors (Lipinski definition) is 1. The Kier molecular flexibility index (Phi) is 2.46. The molecule has 2 rings (SSSR count). The van der Waals surface area contributed by atoms with Crippen molar-refractivity contribution in [2.75, 3.05) is 0 Å². The largest absolute Gasteiger partial charge is 0.361 e. The fourth-order valence-electron chi connectivity index (χ4n) is 1.39. The maximum atomic E-state index is 11.1. The highest BCUT2D eigenvalue weighted by atomic mass is 16.1. The van der Waals surface area contributed by atoms with E-state index in [4.69, 9.17) is 0 Å². The minimum atomic E-state index is -0.0553. The summed E-state index contributed by atoms with van der Waals surface area (Å²) in [7, 11) is 0. The SMILES string of the molecule is O=Cc1cccc(-c2cc(=O)cc[nH]2)c1. The molecule has 0 radical (unpaired) electrons. The van der Waals surface area contributed by atoms with Gasteiger partial charge >= 0.3 is 0 Å². The van der Waals surface area contributed by atoms with Crippen molar-refractivity contribution in [2.24, 2.45) is 0 Å². The number of rotatable bonds is 2. The van der Waals surface area contributed by atoms with Crippen LogP contribution in [0, 0.1) is 0 Å². The average Bonchev–Trinajstić information content (AvgIpc) is 2.29. The third-order valence-corrected chi connectivity index (χ3v) is 2.11. The van der Waals surface area contributed by atoms with Gasteiger partial charge in [0.1, 0.15) is 6.29 Å². The van der Waals surface area contributed by atoms with Crippen molar-refractivity contribution in [3.8, 4) is 11.3 Å². The smallest absolute Gasteiger partial charge is 0.182 e. The first-order valence-corrected chi connectivity index (χ1v) is 4.54. The van der Waals surface area contributed by atoms with Crippen LogP contribution in [0.5, 0.6) is 0 Å². The highest BCUT2D eigenvalue weighted by Gasteiger charge is 1.99. The van der Waals surface area contributed by atoms with E-state index in [1.807, 2.05) is 6.07 Å². The molecule has 0 saturated heterocycles. The van der Waals surface area contributed by atoms with Gasteiger partial charge in [-0.25, -0.2) is 0 Å². The Hall–Kier alpha value is -2.16. The number of carbonyl (C=O) groups is 1. The van der Waals surface area contributed by atoms with Crippen molar-refractivity contribution in [3.05, 3.63) is 58.4 Å². The van der Waals surface area contributed by atoms with Crippen LogP contribution < -0.4 is 5.43 Å². The summed E-state index contributed by atoms with van der Waals surface area (Å²) < 4.78 is 0. The summed E-state index contributed by atoms with van der Waals surface area (Å²) in [6.45, 7) is 0. The molecule has 0 aliphatic carbocycles. The fourth-order valence-corrected chi connectivity index (χ4v) is 1.39. The van der Waals surface area contributed by atoms with E-state index in [0.29, 0.717) is 11.3 Å². The number of aromatic amines is 1. The molecule has 1 aromatic heterocycles. The lowest BCUT2D eigenvalue weighted by Crippen LogP contribution is -1.98. The standard InChI is InChI=1S/C12H9NO2/c14-8-9-2-1-3-10(6-9)12-7-11(15)4-5-13-12/h1-8H,(H,13,15). The first kappa shape index (κ1) is 9.40. The molecule has 15 heavy (non-hydrogen) atoms. The quantitative estimate of drug-likeness (QED) is 0.750. The molecule has 2 aromatic rings. The molecule has 74 valence electrons. The van der Waals surface area contributed by atoms with E-state index in [-0.39, 0.29) is 5.43 Å². The zero-order chi connectivity index (χ0) is 10.7. The predicted molar refractivity (Wildman–Crippen MR) is 57.9 cm³/mol. The summed E-state index contributed by atoms with van der Waals surface area (Å²) in [4.78, 5) is 24.7. The van der Waals surface area contributed by atoms with Crippen LogP contribution in [0.3, 0.4) is 0 Å². The third kappa shape index (κ3) is 2.02. The summed E-state index contributed by atoms with van der Waals surface area (Å²) >= 11 is 0. The van der Waals surface area contributed by atoms with Crippen LogP contribution in [0.15, 0.2) is 47.4 Å². The monoisotopic (exact) mass is 199 g/mol. The Morgan fingerprint density at radius 2 is 2.00 bits per heavy atom. The maximum Gasteiger partial charge on any atom is 0.182 e. The van der Waals surface area contributed by atoms with Gasteiger partial charge in [0.05, 0.1) is 0 Å².